The standard InChI is InChI=1S/C12H17F2NO2/c1-2-15-9(6-7-16)8-17-11-5-3-4-10(13)12(11)14/h3-5,9,15-16H,2,6-8H2,1H3. The summed E-state index contributed by atoms with van der Waals surface area (Å²) >= 11 is 0. The van der Waals surface area contributed by atoms with Gasteiger partial charge in [0.1, 0.15) is 6.61 Å². The quantitative estimate of drug-likeness (QED) is 0.768. The normalized spacial score (nSPS) is 12.5. The molecule has 5 heteroatoms. The number of likely N-dealkylation sites (N-methyl/N-ethyl adjacent to an activating group) is 1. The molecule has 1 aromatic rings. The van der Waals surface area contributed by atoms with E-state index < -0.39 is 11.6 Å². The van der Waals surface area contributed by atoms with E-state index in [9.17, 15) is 8.78 Å². The number of hydrogen-bond donors (Lipinski definition) is 2. The average Bonchev–Trinajstić information content (AvgIpc) is 2.31. The van der Waals surface area contributed by atoms with E-state index in [1.165, 1.54) is 12.1 Å². The van der Waals surface area contributed by atoms with Gasteiger partial charge in [-0.3, -0.25) is 0 Å². The summed E-state index contributed by atoms with van der Waals surface area (Å²) in [5, 5.41) is 11.9. The fraction of sp³-hybridized carbons (Fsp3) is 0.500. The van der Waals surface area contributed by atoms with Crippen molar-refractivity contribution in [1.29, 1.82) is 0 Å². The summed E-state index contributed by atoms with van der Waals surface area (Å²) in [6.45, 7) is 2.86. The third kappa shape index (κ3) is 4.28. The summed E-state index contributed by atoms with van der Waals surface area (Å²) in [4.78, 5) is 0. The Kier molecular flexibility index (Phi) is 5.86. The maximum Gasteiger partial charge on any atom is 0.200 e. The predicted molar refractivity (Wildman–Crippen MR) is 61.0 cm³/mol. The first-order valence-corrected chi connectivity index (χ1v) is 5.60. The van der Waals surface area contributed by atoms with E-state index in [1.54, 1.807) is 0 Å². The van der Waals surface area contributed by atoms with Gasteiger partial charge < -0.3 is 15.2 Å². The second kappa shape index (κ2) is 7.19. The maximum atomic E-state index is 13.3. The number of hydrogen-bond acceptors (Lipinski definition) is 3. The van der Waals surface area contributed by atoms with Gasteiger partial charge in [0.05, 0.1) is 0 Å². The molecule has 0 spiro atoms. The van der Waals surface area contributed by atoms with Crippen LogP contribution in [0.4, 0.5) is 8.78 Å². The number of aliphatic hydroxyl groups excluding tert-OH is 1. The van der Waals surface area contributed by atoms with Crippen molar-refractivity contribution in [2.45, 2.75) is 19.4 Å². The molecule has 0 radical (unpaired) electrons. The maximum absolute atomic E-state index is 13.3. The van der Waals surface area contributed by atoms with Crippen LogP contribution in [0.25, 0.3) is 0 Å². The smallest absolute Gasteiger partial charge is 0.200 e. The fourth-order valence-electron chi connectivity index (χ4n) is 1.47. The highest BCUT2D eigenvalue weighted by molar-refractivity contribution is 5.25. The third-order valence-corrected chi connectivity index (χ3v) is 2.33. The summed E-state index contributed by atoms with van der Waals surface area (Å²) in [7, 11) is 0. The first-order chi connectivity index (χ1) is 8.19. The van der Waals surface area contributed by atoms with Crippen molar-refractivity contribution in [3.05, 3.63) is 29.8 Å². The zero-order valence-corrected chi connectivity index (χ0v) is 9.75. The molecule has 1 aromatic carbocycles. The number of halogens is 2. The molecule has 96 valence electrons. The zero-order chi connectivity index (χ0) is 12.7. The number of benzene rings is 1. The number of aliphatic hydroxyl groups is 1. The molecule has 0 aliphatic carbocycles. The van der Waals surface area contributed by atoms with Gasteiger partial charge in [0, 0.05) is 12.6 Å². The van der Waals surface area contributed by atoms with Crippen LogP contribution in [0.1, 0.15) is 13.3 Å². The first kappa shape index (κ1) is 13.9. The first-order valence-electron chi connectivity index (χ1n) is 5.60. The Labute approximate surface area is 99.4 Å². The molecule has 2 N–H and O–H groups in total. The van der Waals surface area contributed by atoms with Gasteiger partial charge in [-0.25, -0.2) is 4.39 Å². The Balaban J connectivity index is 2.55. The number of ether oxygens (including phenoxy) is 1. The van der Waals surface area contributed by atoms with Gasteiger partial charge in [-0.15, -0.1) is 0 Å². The molecular weight excluding hydrogens is 228 g/mol. The van der Waals surface area contributed by atoms with E-state index in [-0.39, 0.29) is 25.0 Å². The summed E-state index contributed by atoms with van der Waals surface area (Å²) in [6.07, 6.45) is 0.505. The van der Waals surface area contributed by atoms with Crippen molar-refractivity contribution in [2.75, 3.05) is 19.8 Å². The van der Waals surface area contributed by atoms with Crippen molar-refractivity contribution in [3.63, 3.8) is 0 Å². The molecule has 0 fully saturated rings. The minimum Gasteiger partial charge on any atom is -0.489 e. The molecule has 0 aromatic heterocycles. The van der Waals surface area contributed by atoms with E-state index in [0.29, 0.717) is 6.42 Å². The van der Waals surface area contributed by atoms with E-state index in [1.807, 2.05) is 6.92 Å². The van der Waals surface area contributed by atoms with Crippen LogP contribution in [0.2, 0.25) is 0 Å². The summed E-state index contributed by atoms with van der Waals surface area (Å²) in [5.74, 6) is -2.01. The average molecular weight is 245 g/mol. The van der Waals surface area contributed by atoms with Crippen molar-refractivity contribution >= 4 is 0 Å². The van der Waals surface area contributed by atoms with Gasteiger partial charge in [-0.1, -0.05) is 13.0 Å². The molecule has 17 heavy (non-hydrogen) atoms. The van der Waals surface area contributed by atoms with Gasteiger partial charge in [0.25, 0.3) is 0 Å². The van der Waals surface area contributed by atoms with Crippen molar-refractivity contribution in [2.24, 2.45) is 0 Å². The highest BCUT2D eigenvalue weighted by Crippen LogP contribution is 2.19. The Morgan fingerprint density at radius 2 is 2.18 bits per heavy atom. The fourth-order valence-corrected chi connectivity index (χ4v) is 1.47. The van der Waals surface area contributed by atoms with Crippen molar-refractivity contribution in [1.82, 2.24) is 5.32 Å². The molecule has 1 atom stereocenters. The summed E-state index contributed by atoms with van der Waals surface area (Å²) < 4.78 is 31.3. The number of rotatable bonds is 7. The lowest BCUT2D eigenvalue weighted by Crippen LogP contribution is -2.35. The molecular formula is C12H17F2NO2. The van der Waals surface area contributed by atoms with Crippen LogP contribution < -0.4 is 10.1 Å². The van der Waals surface area contributed by atoms with E-state index >= 15 is 0 Å². The van der Waals surface area contributed by atoms with Gasteiger partial charge in [-0.2, -0.15) is 4.39 Å². The summed E-state index contributed by atoms with van der Waals surface area (Å²) in [5.41, 5.74) is 0. The molecule has 3 nitrogen and oxygen atoms in total. The molecule has 0 saturated heterocycles. The van der Waals surface area contributed by atoms with Crippen LogP contribution in [0.15, 0.2) is 18.2 Å². The molecule has 0 bridgehead atoms. The van der Waals surface area contributed by atoms with E-state index in [0.717, 1.165) is 12.6 Å². The lowest BCUT2D eigenvalue weighted by Gasteiger charge is -2.17. The second-order valence-corrected chi connectivity index (χ2v) is 3.63. The molecule has 0 saturated carbocycles. The predicted octanol–water partition coefficient (Wildman–Crippen LogP) is 1.70. The van der Waals surface area contributed by atoms with Gasteiger partial charge in [0.15, 0.2) is 11.6 Å². The Hall–Kier alpha value is -1.20. The topological polar surface area (TPSA) is 41.5 Å². The van der Waals surface area contributed by atoms with E-state index in [2.05, 4.69) is 5.32 Å². The highest BCUT2D eigenvalue weighted by Gasteiger charge is 2.12. The Morgan fingerprint density at radius 1 is 1.41 bits per heavy atom. The number of nitrogens with one attached hydrogen (secondary N) is 1. The Bertz CT molecular complexity index is 341. The second-order valence-electron chi connectivity index (χ2n) is 3.63. The minimum absolute atomic E-state index is 0.0205. The van der Waals surface area contributed by atoms with Crippen LogP contribution in [0.3, 0.4) is 0 Å². The van der Waals surface area contributed by atoms with Crippen LogP contribution in [0.5, 0.6) is 5.75 Å². The van der Waals surface area contributed by atoms with E-state index in [4.69, 9.17) is 9.84 Å². The largest absolute Gasteiger partial charge is 0.489 e. The third-order valence-electron chi connectivity index (χ3n) is 2.33. The van der Waals surface area contributed by atoms with Crippen molar-refractivity contribution < 1.29 is 18.6 Å². The SMILES string of the molecule is CCNC(CCO)COc1cccc(F)c1F. The molecule has 0 amide bonds. The van der Waals surface area contributed by atoms with Crippen molar-refractivity contribution in [3.8, 4) is 5.75 Å². The van der Waals surface area contributed by atoms with Crippen LogP contribution in [-0.2, 0) is 0 Å². The van der Waals surface area contributed by atoms with Crippen LogP contribution >= 0.6 is 0 Å². The Morgan fingerprint density at radius 3 is 2.82 bits per heavy atom. The van der Waals surface area contributed by atoms with Crippen LogP contribution in [0, 0.1) is 11.6 Å². The molecule has 0 heterocycles. The summed E-state index contributed by atoms with van der Waals surface area (Å²) in [6, 6.07) is 3.73. The van der Waals surface area contributed by atoms with Gasteiger partial charge in [0.2, 0.25) is 5.82 Å². The van der Waals surface area contributed by atoms with Crippen LogP contribution in [-0.4, -0.2) is 30.9 Å². The lowest BCUT2D eigenvalue weighted by atomic mass is 10.2. The molecule has 1 unspecified atom stereocenters. The molecule has 0 aliphatic heterocycles. The highest BCUT2D eigenvalue weighted by atomic mass is 19.2. The molecule has 1 rings (SSSR count). The zero-order valence-electron chi connectivity index (χ0n) is 9.75. The minimum atomic E-state index is -0.980. The monoisotopic (exact) mass is 245 g/mol. The lowest BCUT2D eigenvalue weighted by molar-refractivity contribution is 0.209. The molecule has 0 aliphatic rings. The van der Waals surface area contributed by atoms with Gasteiger partial charge in [-0.05, 0) is 25.1 Å². The van der Waals surface area contributed by atoms with Gasteiger partial charge >= 0.3 is 0 Å².